The summed E-state index contributed by atoms with van der Waals surface area (Å²) >= 11 is 0. The monoisotopic (exact) mass is 1020 g/mol. The zero-order valence-corrected chi connectivity index (χ0v) is 48.5. The lowest BCUT2D eigenvalue weighted by Crippen LogP contribution is -2.63. The first-order valence-electron chi connectivity index (χ1n) is 28.8. The number of nitrogens with zero attached hydrogens (tertiary/aromatic N) is 3. The molecule has 78 heavy (non-hydrogen) atoms. The Hall–Kier alpha value is -7.30. The van der Waals surface area contributed by atoms with Crippen molar-refractivity contribution in [3.63, 3.8) is 0 Å². The van der Waals surface area contributed by atoms with Gasteiger partial charge in [0.25, 0.3) is 0 Å². The number of rotatable bonds is 4. The Balaban J connectivity index is 1.12. The molecule has 0 atom stereocenters. The minimum Gasteiger partial charge on any atom is -0.376 e. The SMILES string of the molecule is CC(C)(C)c1ccc(N(c2ccc(C(C)(C)C)cc2)c2ccc3c(c2)N(c2ccc4c(c2)C(C)(C)CCC4(C)C)B2c4cccc5c4N(c4cc6ccccc6cc4C5(C)C)c4cc5c(c-3c42)C(C)(C)c2ccccc2-5)cc1. The summed E-state index contributed by atoms with van der Waals surface area (Å²) in [7, 11) is 0. The molecule has 388 valence electrons. The van der Waals surface area contributed by atoms with Crippen LogP contribution in [0.25, 0.3) is 33.0 Å². The maximum atomic E-state index is 2.80. The molecule has 3 nitrogen and oxygen atoms in total. The molecule has 9 aromatic carbocycles. The van der Waals surface area contributed by atoms with Crippen LogP contribution in [0, 0.1) is 0 Å². The molecule has 2 aliphatic carbocycles. The molecule has 0 aromatic heterocycles. The molecule has 0 bridgehead atoms. The van der Waals surface area contributed by atoms with Gasteiger partial charge >= 0.3 is 6.85 Å². The number of hydrogen-bond donors (Lipinski definition) is 0. The van der Waals surface area contributed by atoms with Crippen LogP contribution in [-0.2, 0) is 32.5 Å². The van der Waals surface area contributed by atoms with E-state index in [4.69, 9.17) is 0 Å². The summed E-state index contributed by atoms with van der Waals surface area (Å²) in [6.45, 7) is 33.4. The highest BCUT2D eigenvalue weighted by Gasteiger charge is 2.53. The van der Waals surface area contributed by atoms with Crippen molar-refractivity contribution >= 4 is 74.0 Å². The summed E-state index contributed by atoms with van der Waals surface area (Å²) in [5, 5.41) is 2.55. The molecule has 0 spiro atoms. The normalized spacial score (nSPS) is 17.3. The van der Waals surface area contributed by atoms with Crippen LogP contribution in [0.2, 0.25) is 0 Å². The highest BCUT2D eigenvalue weighted by Crippen LogP contribution is 2.61. The molecular formula is C74H74BN3. The Morgan fingerprint density at radius 2 is 1.03 bits per heavy atom. The van der Waals surface area contributed by atoms with Crippen LogP contribution >= 0.6 is 0 Å². The van der Waals surface area contributed by atoms with Gasteiger partial charge in [-0.1, -0.05) is 200 Å². The van der Waals surface area contributed by atoms with Crippen molar-refractivity contribution in [2.24, 2.45) is 0 Å². The smallest absolute Gasteiger partial charge is 0.333 e. The lowest BCUT2D eigenvalue weighted by atomic mass is 9.42. The summed E-state index contributed by atoms with van der Waals surface area (Å²) in [5.74, 6) is 0. The Morgan fingerprint density at radius 1 is 0.436 bits per heavy atom. The largest absolute Gasteiger partial charge is 0.376 e. The fraction of sp³-hybridized carbons (Fsp3) is 0.297. The van der Waals surface area contributed by atoms with E-state index in [9.17, 15) is 0 Å². The number of hydrogen-bond acceptors (Lipinski definition) is 3. The second-order valence-corrected chi connectivity index (χ2v) is 28.1. The first-order chi connectivity index (χ1) is 36.9. The van der Waals surface area contributed by atoms with Gasteiger partial charge in [0.1, 0.15) is 0 Å². The first-order valence-corrected chi connectivity index (χ1v) is 28.8. The van der Waals surface area contributed by atoms with Crippen LogP contribution in [0.3, 0.4) is 0 Å². The zero-order valence-electron chi connectivity index (χ0n) is 48.5. The van der Waals surface area contributed by atoms with Gasteiger partial charge in [-0.05, 0) is 184 Å². The van der Waals surface area contributed by atoms with Gasteiger partial charge in [0.05, 0.1) is 5.69 Å². The molecule has 0 N–H and O–H groups in total. The predicted octanol–water partition coefficient (Wildman–Crippen LogP) is 18.9. The standard InChI is InChI=1S/C74H74BN3/c1-69(2,3)47-26-30-49(31-27-47)76(50-32-28-48(29-33-50)70(4,5)6)51-34-36-54-62(43-51)78(52-35-37-57-59(42-52)72(9,10)39-38-71(57,7)8)75-61-25-19-24-58-68(61)77(63-41-46-21-16-15-20-45(46)40-60(63)73(58,11)12)64-44-55-53-22-17-18-23-56(53)74(13,14)66(55)65(54)67(64)75/h15-37,40-44H,38-39H2,1-14H3. The number of anilines is 8. The van der Waals surface area contributed by atoms with Crippen molar-refractivity contribution in [3.05, 3.63) is 214 Å². The van der Waals surface area contributed by atoms with Gasteiger partial charge in [0.15, 0.2) is 0 Å². The second-order valence-electron chi connectivity index (χ2n) is 28.1. The van der Waals surface area contributed by atoms with Crippen molar-refractivity contribution < 1.29 is 0 Å². The lowest BCUT2D eigenvalue weighted by Gasteiger charge is -2.51. The highest BCUT2D eigenvalue weighted by molar-refractivity contribution is 6.93. The number of benzene rings is 9. The minimum atomic E-state index is -0.273. The molecule has 3 aliphatic heterocycles. The molecule has 0 unspecified atom stereocenters. The average molecular weight is 1020 g/mol. The van der Waals surface area contributed by atoms with Crippen LogP contribution in [-0.4, -0.2) is 6.85 Å². The quantitative estimate of drug-likeness (QED) is 0.163. The van der Waals surface area contributed by atoms with E-state index in [-0.39, 0.29) is 39.3 Å². The van der Waals surface area contributed by atoms with E-state index in [2.05, 4.69) is 281 Å². The Bertz CT molecular complexity index is 3950. The van der Waals surface area contributed by atoms with Crippen molar-refractivity contribution in [3.8, 4) is 22.3 Å². The summed E-state index contributed by atoms with van der Waals surface area (Å²) in [5.41, 5.74) is 28.6. The highest BCUT2D eigenvalue weighted by atomic mass is 15.2. The topological polar surface area (TPSA) is 9.72 Å². The second kappa shape index (κ2) is 16.2. The third-order valence-corrected chi connectivity index (χ3v) is 19.5. The van der Waals surface area contributed by atoms with E-state index >= 15 is 0 Å². The van der Waals surface area contributed by atoms with E-state index in [0.717, 1.165) is 23.5 Å². The molecule has 4 heteroatoms. The van der Waals surface area contributed by atoms with Crippen LogP contribution < -0.4 is 25.5 Å². The van der Waals surface area contributed by atoms with E-state index in [0.29, 0.717) is 0 Å². The first kappa shape index (κ1) is 49.0. The fourth-order valence-electron chi connectivity index (χ4n) is 15.0. The van der Waals surface area contributed by atoms with Crippen molar-refractivity contribution in [2.75, 3.05) is 14.6 Å². The Kier molecular flexibility index (Phi) is 10.2. The third-order valence-electron chi connectivity index (χ3n) is 19.5. The zero-order chi connectivity index (χ0) is 54.4. The van der Waals surface area contributed by atoms with Gasteiger partial charge in [-0.15, -0.1) is 0 Å². The van der Waals surface area contributed by atoms with Gasteiger partial charge in [-0.25, -0.2) is 0 Å². The van der Waals surface area contributed by atoms with Gasteiger partial charge < -0.3 is 14.6 Å². The molecule has 0 fully saturated rings. The van der Waals surface area contributed by atoms with E-state index in [1.807, 2.05) is 0 Å². The number of fused-ring (bicyclic) bond motifs is 12. The summed E-state index contributed by atoms with van der Waals surface area (Å²) in [6, 6.07) is 66.9. The minimum absolute atomic E-state index is 0.0159. The van der Waals surface area contributed by atoms with Gasteiger partial charge in [-0.3, -0.25) is 0 Å². The molecule has 0 radical (unpaired) electrons. The summed E-state index contributed by atoms with van der Waals surface area (Å²) in [4.78, 5) is 8.01. The summed E-state index contributed by atoms with van der Waals surface area (Å²) in [6.07, 6.45) is 2.32. The molecule has 0 saturated carbocycles. The van der Waals surface area contributed by atoms with E-state index in [1.165, 1.54) is 123 Å². The van der Waals surface area contributed by atoms with Crippen molar-refractivity contribution in [1.82, 2.24) is 0 Å². The van der Waals surface area contributed by atoms with Gasteiger partial charge in [-0.2, -0.15) is 0 Å². The van der Waals surface area contributed by atoms with Gasteiger partial charge in [0.2, 0.25) is 0 Å². The third kappa shape index (κ3) is 6.90. The van der Waals surface area contributed by atoms with Crippen molar-refractivity contribution in [2.45, 2.75) is 142 Å². The van der Waals surface area contributed by atoms with Gasteiger partial charge in [0, 0.05) is 56.2 Å². The molecule has 0 amide bonds. The lowest BCUT2D eigenvalue weighted by molar-refractivity contribution is 0.332. The Morgan fingerprint density at radius 3 is 1.68 bits per heavy atom. The molecule has 14 rings (SSSR count). The molecule has 0 saturated heterocycles. The average Bonchev–Trinajstić information content (AvgIpc) is 2.00. The maximum Gasteiger partial charge on any atom is 0.333 e. The number of para-hydroxylation sites is 1. The predicted molar refractivity (Wildman–Crippen MR) is 335 cm³/mol. The fourth-order valence-corrected chi connectivity index (χ4v) is 15.0. The summed E-state index contributed by atoms with van der Waals surface area (Å²) < 4.78 is 0. The van der Waals surface area contributed by atoms with E-state index in [1.54, 1.807) is 0 Å². The van der Waals surface area contributed by atoms with Crippen LogP contribution in [0.15, 0.2) is 170 Å². The molecule has 9 aromatic rings. The van der Waals surface area contributed by atoms with E-state index < -0.39 is 0 Å². The van der Waals surface area contributed by atoms with Crippen LogP contribution in [0.4, 0.5) is 45.5 Å². The maximum absolute atomic E-state index is 2.80. The molecule has 3 heterocycles. The van der Waals surface area contributed by atoms with Crippen LogP contribution in [0.1, 0.15) is 154 Å². The van der Waals surface area contributed by atoms with Crippen LogP contribution in [0.5, 0.6) is 0 Å². The molecule has 5 aliphatic rings. The molecular weight excluding hydrogens is 942 g/mol. The van der Waals surface area contributed by atoms with Crippen molar-refractivity contribution in [1.29, 1.82) is 0 Å². The Labute approximate surface area is 465 Å².